The molecular formula is C26H27N5O4S. The fourth-order valence-electron chi connectivity index (χ4n) is 4.58. The number of nitrogens with two attached hydrogens (primary N) is 1. The first kappa shape index (κ1) is 23.8. The number of benzene rings is 2. The second-order valence-electron chi connectivity index (χ2n) is 8.62. The number of carbonyl (C=O) groups excluding carboxylic acids is 1. The number of nitrogens with zero attached hydrogens (tertiary/aromatic N) is 2. The summed E-state index contributed by atoms with van der Waals surface area (Å²) in [7, 11) is 3.20. The molecule has 1 aliphatic rings. The van der Waals surface area contributed by atoms with E-state index in [1.807, 2.05) is 30.3 Å². The van der Waals surface area contributed by atoms with Gasteiger partial charge in [-0.15, -0.1) is 11.3 Å². The highest BCUT2D eigenvalue weighted by atomic mass is 32.1. The predicted octanol–water partition coefficient (Wildman–Crippen LogP) is 2.85. The van der Waals surface area contributed by atoms with Crippen molar-refractivity contribution < 1.29 is 14.3 Å². The number of rotatable bonds is 7. The number of thiophene rings is 1. The molecule has 0 saturated carbocycles. The molecule has 0 spiro atoms. The fourth-order valence-corrected chi connectivity index (χ4v) is 5.65. The van der Waals surface area contributed by atoms with Gasteiger partial charge in [-0.3, -0.25) is 9.59 Å². The third kappa shape index (κ3) is 4.52. The van der Waals surface area contributed by atoms with Crippen molar-refractivity contribution in [3.05, 3.63) is 86.9 Å². The Hall–Kier alpha value is -3.89. The van der Waals surface area contributed by atoms with Gasteiger partial charge in [0.05, 0.1) is 24.8 Å². The van der Waals surface area contributed by atoms with Crippen molar-refractivity contribution in [2.24, 2.45) is 5.73 Å². The molecule has 0 atom stereocenters. The molecule has 0 fully saturated rings. The lowest BCUT2D eigenvalue weighted by molar-refractivity contribution is 0.0940. The van der Waals surface area contributed by atoms with Gasteiger partial charge in [0.15, 0.2) is 0 Å². The number of fused-ring (bicyclic) bond motifs is 4. The summed E-state index contributed by atoms with van der Waals surface area (Å²) in [6, 6.07) is 13.8. The van der Waals surface area contributed by atoms with Gasteiger partial charge in [-0.1, -0.05) is 36.4 Å². The van der Waals surface area contributed by atoms with Crippen LogP contribution in [0.4, 0.5) is 0 Å². The van der Waals surface area contributed by atoms with E-state index >= 15 is 0 Å². The Balaban J connectivity index is 1.32. The molecule has 0 saturated heterocycles. The van der Waals surface area contributed by atoms with Crippen LogP contribution in [0.3, 0.4) is 0 Å². The molecule has 9 nitrogen and oxygen atoms in total. The first-order valence-electron chi connectivity index (χ1n) is 11.6. The molecule has 186 valence electrons. The molecule has 0 radical (unpaired) electrons. The van der Waals surface area contributed by atoms with Crippen LogP contribution in [0.1, 0.15) is 27.3 Å². The van der Waals surface area contributed by atoms with Crippen LogP contribution in [0.2, 0.25) is 0 Å². The summed E-state index contributed by atoms with van der Waals surface area (Å²) in [5.74, 6) is 0.197. The zero-order chi connectivity index (χ0) is 25.2. The number of methoxy groups -OCH3 is 2. The lowest BCUT2D eigenvalue weighted by atomic mass is 9.97. The Kier molecular flexibility index (Phi) is 6.62. The van der Waals surface area contributed by atoms with Gasteiger partial charge >= 0.3 is 0 Å². The van der Waals surface area contributed by atoms with E-state index in [-0.39, 0.29) is 11.4 Å². The number of nitrogens with one attached hydrogen (secondary N) is 2. The number of amides is 1. The van der Waals surface area contributed by atoms with E-state index < -0.39 is 5.91 Å². The highest BCUT2D eigenvalue weighted by molar-refractivity contribution is 7.25. The lowest BCUT2D eigenvalue weighted by Crippen LogP contribution is -2.33. The number of aromatic amines is 1. The number of carbonyl (C=O) groups is 1. The summed E-state index contributed by atoms with van der Waals surface area (Å²) in [5, 5.41) is 4.24. The molecule has 1 aliphatic heterocycles. The second-order valence-corrected chi connectivity index (χ2v) is 9.65. The van der Waals surface area contributed by atoms with Crippen molar-refractivity contribution in [3.63, 3.8) is 0 Å². The maximum absolute atomic E-state index is 12.8. The number of H-pyrrole nitrogens is 1. The van der Waals surface area contributed by atoms with Gasteiger partial charge in [-0.2, -0.15) is 0 Å². The average molecular weight is 506 g/mol. The first-order chi connectivity index (χ1) is 17.5. The summed E-state index contributed by atoms with van der Waals surface area (Å²) >= 11 is 1.40. The lowest BCUT2D eigenvalue weighted by Gasteiger charge is -2.32. The summed E-state index contributed by atoms with van der Waals surface area (Å²) < 4.78 is 11.7. The molecule has 2 aromatic carbocycles. The predicted molar refractivity (Wildman–Crippen MR) is 140 cm³/mol. The summed E-state index contributed by atoms with van der Waals surface area (Å²) in [5.41, 5.74) is 9.71. The highest BCUT2D eigenvalue weighted by Gasteiger charge is 2.22. The molecule has 0 aliphatic carbocycles. The Morgan fingerprint density at radius 2 is 2.06 bits per heavy atom. The van der Waals surface area contributed by atoms with Gasteiger partial charge in [0, 0.05) is 36.8 Å². The van der Waals surface area contributed by atoms with Gasteiger partial charge in [0.1, 0.15) is 4.83 Å². The standard InChI is InChI=1S/C26H27N5O4S/c1-34-14-19(27)26(35-2)31-10-9-16-8-7-15(11-17(16)13-31)12-28-24(33)22-29-23(32)21-18-5-3-4-6-20(18)36-25(21)30-22/h3-8,11H,9-10,12-14,27H2,1-2H3,(H,28,33)(H,29,30,32)/b26-19+. The molecule has 3 heterocycles. The molecule has 1 amide bonds. The van der Waals surface area contributed by atoms with Crippen molar-refractivity contribution in [1.82, 2.24) is 20.2 Å². The number of ether oxygens (including phenoxy) is 2. The topological polar surface area (TPSA) is 123 Å². The van der Waals surface area contributed by atoms with E-state index in [4.69, 9.17) is 15.2 Å². The normalized spacial score (nSPS) is 14.0. The Labute approximate surface area is 211 Å². The van der Waals surface area contributed by atoms with Gasteiger partial charge in [-0.05, 0) is 29.2 Å². The summed E-state index contributed by atoms with van der Waals surface area (Å²) in [6.45, 7) is 2.03. The van der Waals surface area contributed by atoms with Crippen molar-refractivity contribution in [2.45, 2.75) is 19.5 Å². The van der Waals surface area contributed by atoms with Crippen LogP contribution in [0.5, 0.6) is 0 Å². The summed E-state index contributed by atoms with van der Waals surface area (Å²) in [6.07, 6.45) is 0.857. The molecule has 36 heavy (non-hydrogen) atoms. The third-order valence-electron chi connectivity index (χ3n) is 6.26. The van der Waals surface area contributed by atoms with Crippen LogP contribution < -0.4 is 16.6 Å². The Morgan fingerprint density at radius 3 is 2.86 bits per heavy atom. The van der Waals surface area contributed by atoms with Crippen LogP contribution in [-0.4, -0.2) is 48.1 Å². The molecule has 4 N–H and O–H groups in total. The maximum Gasteiger partial charge on any atom is 0.287 e. The quantitative estimate of drug-likeness (QED) is 0.330. The van der Waals surface area contributed by atoms with E-state index in [1.165, 1.54) is 16.9 Å². The SMILES string of the molecule is COC/C(N)=C(\OC)N1CCc2ccc(CNC(=O)c3nc4sc5ccccc5c4c(=O)[nH]3)cc2C1. The highest BCUT2D eigenvalue weighted by Crippen LogP contribution is 2.30. The van der Waals surface area contributed by atoms with Crippen LogP contribution in [0.15, 0.2) is 58.8 Å². The molecule has 0 unspecified atom stereocenters. The van der Waals surface area contributed by atoms with Crippen LogP contribution in [0, 0.1) is 0 Å². The first-order valence-corrected chi connectivity index (χ1v) is 12.4. The molecule has 5 rings (SSSR count). The van der Waals surface area contributed by atoms with Crippen LogP contribution in [0.25, 0.3) is 20.3 Å². The van der Waals surface area contributed by atoms with Gasteiger partial charge < -0.3 is 30.4 Å². The van der Waals surface area contributed by atoms with Gasteiger partial charge in [0.25, 0.3) is 11.5 Å². The summed E-state index contributed by atoms with van der Waals surface area (Å²) in [4.78, 5) is 35.3. The molecule has 0 bridgehead atoms. The molecular weight excluding hydrogens is 478 g/mol. The third-order valence-corrected chi connectivity index (χ3v) is 7.32. The van der Waals surface area contributed by atoms with Crippen LogP contribution >= 0.6 is 11.3 Å². The Morgan fingerprint density at radius 1 is 1.22 bits per heavy atom. The molecule has 10 heteroatoms. The molecule has 2 aromatic heterocycles. The Bertz CT molecular complexity index is 1540. The van der Waals surface area contributed by atoms with E-state index in [9.17, 15) is 9.59 Å². The smallest absolute Gasteiger partial charge is 0.287 e. The maximum atomic E-state index is 12.8. The van der Waals surface area contributed by atoms with Crippen LogP contribution in [-0.2, 0) is 29.0 Å². The minimum atomic E-state index is -0.428. The monoisotopic (exact) mass is 505 g/mol. The van der Waals surface area contributed by atoms with E-state index in [1.54, 1.807) is 14.2 Å². The van der Waals surface area contributed by atoms with E-state index in [2.05, 4.69) is 32.3 Å². The number of aromatic nitrogens is 2. The van der Waals surface area contributed by atoms with Crippen molar-refractivity contribution in [3.8, 4) is 0 Å². The van der Waals surface area contributed by atoms with Crippen molar-refractivity contribution in [1.29, 1.82) is 0 Å². The minimum absolute atomic E-state index is 0.00619. The minimum Gasteiger partial charge on any atom is -0.481 e. The number of hydrogen-bond donors (Lipinski definition) is 3. The largest absolute Gasteiger partial charge is 0.481 e. The van der Waals surface area contributed by atoms with Gasteiger partial charge in [0.2, 0.25) is 11.7 Å². The zero-order valence-corrected chi connectivity index (χ0v) is 20.9. The van der Waals surface area contributed by atoms with Crippen molar-refractivity contribution in [2.75, 3.05) is 27.4 Å². The zero-order valence-electron chi connectivity index (χ0n) is 20.1. The van der Waals surface area contributed by atoms with E-state index in [0.717, 1.165) is 34.2 Å². The average Bonchev–Trinajstić information content (AvgIpc) is 3.26. The van der Waals surface area contributed by atoms with Gasteiger partial charge in [-0.25, -0.2) is 4.98 Å². The van der Waals surface area contributed by atoms with E-state index in [0.29, 0.717) is 41.5 Å². The molecule has 4 aromatic rings. The second kappa shape index (κ2) is 10.00. The fraction of sp³-hybridized carbons (Fsp3) is 0.269. The number of hydrogen-bond acceptors (Lipinski definition) is 8. The van der Waals surface area contributed by atoms with Crippen molar-refractivity contribution >= 4 is 37.5 Å².